The maximum Gasteiger partial charge on any atom is 0.312 e. The molecule has 0 aliphatic rings. The van der Waals surface area contributed by atoms with Crippen LogP contribution in [0.5, 0.6) is 0 Å². The van der Waals surface area contributed by atoms with Crippen molar-refractivity contribution in [3.05, 3.63) is 29.8 Å². The smallest absolute Gasteiger partial charge is 0.312 e. The van der Waals surface area contributed by atoms with E-state index in [1.54, 1.807) is 45.0 Å². The lowest BCUT2D eigenvalue weighted by Gasteiger charge is -2.25. The van der Waals surface area contributed by atoms with Crippen molar-refractivity contribution in [2.45, 2.75) is 58.7 Å². The number of nitrogens with one attached hydrogen (secondary N) is 4. The summed E-state index contributed by atoms with van der Waals surface area (Å²) >= 11 is 0. The maximum atomic E-state index is 13.0. The number of rotatable bonds is 14. The van der Waals surface area contributed by atoms with Crippen molar-refractivity contribution in [3.63, 3.8) is 0 Å². The molecule has 2 unspecified atom stereocenters. The highest BCUT2D eigenvalue weighted by Gasteiger charge is 2.28. The molecular weight excluding hydrogens is 456 g/mol. The van der Waals surface area contributed by atoms with Gasteiger partial charge in [0.05, 0.1) is 6.54 Å². The van der Waals surface area contributed by atoms with E-state index < -0.39 is 35.8 Å². The molecule has 0 fully saturated rings. The van der Waals surface area contributed by atoms with Crippen molar-refractivity contribution in [1.29, 1.82) is 0 Å². The number of hydrogen-bond donors (Lipinski definition) is 6. The lowest BCUT2D eigenvalue weighted by atomic mass is 10.0. The third kappa shape index (κ3) is 11.3. The Balaban J connectivity index is 2.88. The minimum atomic E-state index is -0.946. The van der Waals surface area contributed by atoms with Crippen molar-refractivity contribution in [3.8, 4) is 0 Å². The van der Waals surface area contributed by atoms with Gasteiger partial charge in [0.1, 0.15) is 18.7 Å². The predicted octanol–water partition coefficient (Wildman–Crippen LogP) is 0.111. The van der Waals surface area contributed by atoms with Crippen LogP contribution in [-0.2, 0) is 30.5 Å². The van der Waals surface area contributed by atoms with E-state index in [1.165, 1.54) is 0 Å². The molecule has 0 heterocycles. The fourth-order valence-electron chi connectivity index (χ4n) is 2.99. The Hall–Kier alpha value is -3.67. The van der Waals surface area contributed by atoms with Crippen molar-refractivity contribution in [2.75, 3.05) is 18.4 Å². The third-order valence-electron chi connectivity index (χ3n) is 4.96. The van der Waals surface area contributed by atoms with Gasteiger partial charge in [-0.15, -0.1) is 0 Å². The second-order valence-electron chi connectivity index (χ2n) is 8.19. The minimum absolute atomic E-state index is 0.123. The number of benzene rings is 1. The molecule has 1 aromatic rings. The zero-order chi connectivity index (χ0) is 26.4. The average molecular weight is 493 g/mol. The molecule has 8 N–H and O–H groups in total. The summed E-state index contributed by atoms with van der Waals surface area (Å²) in [5.41, 5.74) is 11.6. The van der Waals surface area contributed by atoms with Crippen LogP contribution in [0.25, 0.3) is 0 Å². The van der Waals surface area contributed by atoms with E-state index in [-0.39, 0.29) is 44.4 Å². The van der Waals surface area contributed by atoms with Crippen LogP contribution >= 0.6 is 0 Å². The van der Waals surface area contributed by atoms with E-state index in [1.807, 2.05) is 0 Å². The van der Waals surface area contributed by atoms with Gasteiger partial charge in [0.25, 0.3) is 0 Å². The monoisotopic (exact) mass is 492 g/mol. The van der Waals surface area contributed by atoms with Crippen LogP contribution < -0.4 is 32.7 Å². The van der Waals surface area contributed by atoms with Crippen LogP contribution in [0.15, 0.2) is 24.3 Å². The molecule has 12 nitrogen and oxygen atoms in total. The fraction of sp³-hybridized carbons (Fsp3) is 0.522. The standard InChI is InChI=1S/C23H36N6O6/c1-4-19(31)35-13-15-7-9-16(10-8-15)27-21(32)17(6-5-11-26-23(25)34)28-22(33)20(14(2)3)29-18(30)12-24/h7-10,14,17,20H,4-6,11-13,24H2,1-3H3,(H,27,32)(H,28,33)(H,29,30)(H3,25,26,34). The van der Waals surface area contributed by atoms with Crippen molar-refractivity contribution >= 4 is 35.4 Å². The molecule has 0 aliphatic heterocycles. The summed E-state index contributed by atoms with van der Waals surface area (Å²) < 4.78 is 5.08. The molecule has 0 aromatic heterocycles. The van der Waals surface area contributed by atoms with E-state index in [9.17, 15) is 24.0 Å². The first-order chi connectivity index (χ1) is 16.6. The van der Waals surface area contributed by atoms with Crippen LogP contribution in [0, 0.1) is 5.92 Å². The Morgan fingerprint density at radius 2 is 1.66 bits per heavy atom. The second kappa shape index (κ2) is 15.3. The van der Waals surface area contributed by atoms with Crippen LogP contribution in [0.3, 0.4) is 0 Å². The third-order valence-corrected chi connectivity index (χ3v) is 4.96. The summed E-state index contributed by atoms with van der Waals surface area (Å²) in [5, 5.41) is 10.4. The summed E-state index contributed by atoms with van der Waals surface area (Å²) in [7, 11) is 0. The number of primary amides is 1. The van der Waals surface area contributed by atoms with Crippen LogP contribution in [0.4, 0.5) is 10.5 Å². The van der Waals surface area contributed by atoms with Gasteiger partial charge in [-0.25, -0.2) is 4.79 Å². The molecule has 5 amide bonds. The van der Waals surface area contributed by atoms with Gasteiger partial charge in [-0.3, -0.25) is 19.2 Å². The van der Waals surface area contributed by atoms with Crippen molar-refractivity contribution in [2.24, 2.45) is 17.4 Å². The molecule has 0 aliphatic carbocycles. The molecule has 0 saturated carbocycles. The number of nitrogens with two attached hydrogens (primary N) is 2. The van der Waals surface area contributed by atoms with Gasteiger partial charge < -0.3 is 37.5 Å². The van der Waals surface area contributed by atoms with Gasteiger partial charge in [-0.05, 0) is 36.5 Å². The minimum Gasteiger partial charge on any atom is -0.461 e. The largest absolute Gasteiger partial charge is 0.461 e. The van der Waals surface area contributed by atoms with Crippen molar-refractivity contribution < 1.29 is 28.7 Å². The lowest BCUT2D eigenvalue weighted by molar-refractivity contribution is -0.144. The molecule has 0 bridgehead atoms. The Kier molecular flexibility index (Phi) is 12.8. The number of amides is 5. The average Bonchev–Trinajstić information content (AvgIpc) is 2.82. The first-order valence-corrected chi connectivity index (χ1v) is 11.5. The number of carbonyl (C=O) groups is 5. The molecular formula is C23H36N6O6. The molecule has 12 heteroatoms. The highest BCUT2D eigenvalue weighted by Crippen LogP contribution is 2.13. The zero-order valence-corrected chi connectivity index (χ0v) is 20.4. The summed E-state index contributed by atoms with van der Waals surface area (Å²) in [4.78, 5) is 59.8. The van der Waals surface area contributed by atoms with Gasteiger partial charge >= 0.3 is 12.0 Å². The molecule has 35 heavy (non-hydrogen) atoms. The molecule has 0 radical (unpaired) electrons. The SMILES string of the molecule is CCC(=O)OCc1ccc(NC(=O)C(CCCNC(N)=O)NC(=O)C(NC(=O)CN)C(C)C)cc1. The van der Waals surface area contributed by atoms with Crippen LogP contribution in [-0.4, -0.2) is 54.9 Å². The molecule has 2 atom stereocenters. The van der Waals surface area contributed by atoms with Gasteiger partial charge in [0.2, 0.25) is 17.7 Å². The lowest BCUT2D eigenvalue weighted by Crippen LogP contribution is -2.55. The number of carbonyl (C=O) groups excluding carboxylic acids is 5. The fourth-order valence-corrected chi connectivity index (χ4v) is 2.99. The Bertz CT molecular complexity index is 874. The van der Waals surface area contributed by atoms with Gasteiger partial charge in [0.15, 0.2) is 0 Å². The first kappa shape index (κ1) is 29.4. The van der Waals surface area contributed by atoms with E-state index in [0.29, 0.717) is 12.1 Å². The number of urea groups is 1. The Morgan fingerprint density at radius 3 is 2.20 bits per heavy atom. The number of anilines is 1. The zero-order valence-electron chi connectivity index (χ0n) is 20.4. The quantitative estimate of drug-likeness (QED) is 0.157. The van der Waals surface area contributed by atoms with Gasteiger partial charge in [-0.2, -0.15) is 0 Å². The van der Waals surface area contributed by atoms with Gasteiger partial charge in [0, 0.05) is 18.7 Å². The number of esters is 1. The molecule has 0 spiro atoms. The summed E-state index contributed by atoms with van der Waals surface area (Å²) in [5.74, 6) is -2.06. The van der Waals surface area contributed by atoms with Crippen molar-refractivity contribution in [1.82, 2.24) is 16.0 Å². The molecule has 0 saturated heterocycles. The van der Waals surface area contributed by atoms with E-state index in [0.717, 1.165) is 5.56 Å². The van der Waals surface area contributed by atoms with Gasteiger partial charge in [-0.1, -0.05) is 32.9 Å². The topological polar surface area (TPSA) is 195 Å². The highest BCUT2D eigenvalue weighted by molar-refractivity contribution is 5.98. The van der Waals surface area contributed by atoms with E-state index >= 15 is 0 Å². The predicted molar refractivity (Wildman–Crippen MR) is 130 cm³/mol. The number of ether oxygens (including phenoxy) is 1. The first-order valence-electron chi connectivity index (χ1n) is 11.5. The normalized spacial score (nSPS) is 12.3. The van der Waals surface area contributed by atoms with Crippen LogP contribution in [0.1, 0.15) is 45.6 Å². The summed E-state index contributed by atoms with van der Waals surface area (Å²) in [6.45, 7) is 5.29. The molecule has 194 valence electrons. The Labute approximate surface area is 204 Å². The maximum absolute atomic E-state index is 13.0. The van der Waals surface area contributed by atoms with Crippen LogP contribution in [0.2, 0.25) is 0 Å². The highest BCUT2D eigenvalue weighted by atomic mass is 16.5. The summed E-state index contributed by atoms with van der Waals surface area (Å²) in [6, 6.07) is 4.20. The van der Waals surface area contributed by atoms with E-state index in [2.05, 4.69) is 21.3 Å². The second-order valence-corrected chi connectivity index (χ2v) is 8.19. The number of hydrogen-bond acceptors (Lipinski definition) is 7. The summed E-state index contributed by atoms with van der Waals surface area (Å²) in [6.07, 6.45) is 0.854. The Morgan fingerprint density at radius 1 is 1.00 bits per heavy atom. The van der Waals surface area contributed by atoms with E-state index in [4.69, 9.17) is 16.2 Å². The molecule has 1 rings (SSSR count). The molecule has 1 aromatic carbocycles.